The molecular formula is C58H64N2O9S2. The molecule has 0 aromatic heterocycles. The van der Waals surface area contributed by atoms with Crippen LogP contribution in [0.3, 0.4) is 0 Å². The topological polar surface area (TPSA) is 160 Å². The summed E-state index contributed by atoms with van der Waals surface area (Å²) in [6.07, 6.45) is 6.36. The van der Waals surface area contributed by atoms with E-state index in [9.17, 15) is 24.3 Å². The number of ether oxygens (including phenoxy) is 3. The van der Waals surface area contributed by atoms with Gasteiger partial charge in [0.2, 0.25) is 0 Å². The van der Waals surface area contributed by atoms with Gasteiger partial charge in [0.1, 0.15) is 32.4 Å². The van der Waals surface area contributed by atoms with Gasteiger partial charge in [-0.2, -0.15) is 23.5 Å². The number of rotatable bonds is 19. The SMILES string of the molecule is CCCc1ccc(C(CSC)OC(=O)CNC(=O)OCC2c3ccccc3-c3ccccc32)cc1.CCCc1ccc(C(O)CSC)cc1.O=C(O)CNC(=O)OCC1c2ccccc2-c2ccccc21. The van der Waals surface area contributed by atoms with Crippen molar-refractivity contribution in [3.63, 3.8) is 0 Å². The van der Waals surface area contributed by atoms with Crippen molar-refractivity contribution in [1.82, 2.24) is 10.6 Å². The summed E-state index contributed by atoms with van der Waals surface area (Å²) >= 11 is 3.28. The Morgan fingerprint density at radius 1 is 0.535 bits per heavy atom. The van der Waals surface area contributed by atoms with Crippen LogP contribution in [0, 0.1) is 0 Å². The van der Waals surface area contributed by atoms with Gasteiger partial charge >= 0.3 is 24.1 Å². The Morgan fingerprint density at radius 2 is 0.915 bits per heavy atom. The van der Waals surface area contributed by atoms with E-state index in [1.54, 1.807) is 23.5 Å². The van der Waals surface area contributed by atoms with Crippen molar-refractivity contribution in [2.24, 2.45) is 0 Å². The predicted molar refractivity (Wildman–Crippen MR) is 285 cm³/mol. The number of fused-ring (bicyclic) bond motifs is 6. The highest BCUT2D eigenvalue weighted by Crippen LogP contribution is 2.45. The molecule has 4 N–H and O–H groups in total. The van der Waals surface area contributed by atoms with Crippen LogP contribution in [0.1, 0.15) is 95.2 Å². The number of carboxylic acids is 1. The normalized spacial score (nSPS) is 12.7. The molecule has 6 aromatic rings. The van der Waals surface area contributed by atoms with Crippen molar-refractivity contribution < 1.29 is 43.6 Å². The number of thioether (sulfide) groups is 2. The van der Waals surface area contributed by atoms with Crippen molar-refractivity contribution >= 4 is 47.6 Å². The highest BCUT2D eigenvalue weighted by molar-refractivity contribution is 7.98. The zero-order valence-electron chi connectivity index (χ0n) is 40.8. The van der Waals surface area contributed by atoms with Gasteiger partial charge in [-0.3, -0.25) is 9.59 Å². The first-order chi connectivity index (χ1) is 34.5. The van der Waals surface area contributed by atoms with Crippen molar-refractivity contribution in [3.8, 4) is 22.3 Å². The number of esters is 1. The summed E-state index contributed by atoms with van der Waals surface area (Å²) in [4.78, 5) is 46.8. The van der Waals surface area contributed by atoms with Crippen molar-refractivity contribution in [2.75, 3.05) is 50.3 Å². The first kappa shape index (κ1) is 53.8. The van der Waals surface area contributed by atoms with Crippen LogP contribution in [0.5, 0.6) is 0 Å². The Labute approximate surface area is 426 Å². The molecule has 71 heavy (non-hydrogen) atoms. The molecule has 2 aliphatic rings. The Balaban J connectivity index is 0.000000194. The molecule has 13 heteroatoms. The van der Waals surface area contributed by atoms with Crippen LogP contribution < -0.4 is 10.6 Å². The summed E-state index contributed by atoms with van der Waals surface area (Å²) in [5.74, 6) is -0.231. The Morgan fingerprint density at radius 3 is 1.30 bits per heavy atom. The van der Waals surface area contributed by atoms with Crippen LogP contribution in [0.15, 0.2) is 146 Å². The molecule has 2 amide bonds. The van der Waals surface area contributed by atoms with Crippen molar-refractivity contribution in [3.05, 3.63) is 190 Å². The molecular weight excluding hydrogens is 933 g/mol. The van der Waals surface area contributed by atoms with Crippen LogP contribution in [-0.2, 0) is 36.6 Å². The summed E-state index contributed by atoms with van der Waals surface area (Å²) in [5, 5.41) is 23.0. The summed E-state index contributed by atoms with van der Waals surface area (Å²) in [6.45, 7) is 4.02. The second-order valence-electron chi connectivity index (χ2n) is 17.1. The monoisotopic (exact) mass is 996 g/mol. The molecule has 11 nitrogen and oxygen atoms in total. The molecule has 372 valence electrons. The molecule has 6 aromatic carbocycles. The third-order valence-electron chi connectivity index (χ3n) is 12.2. The van der Waals surface area contributed by atoms with Crippen LogP contribution in [0.25, 0.3) is 22.3 Å². The summed E-state index contributed by atoms with van der Waals surface area (Å²) in [5.41, 5.74) is 13.8. The van der Waals surface area contributed by atoms with Crippen LogP contribution >= 0.6 is 23.5 Å². The fraction of sp³-hybridized carbons (Fsp3) is 0.310. The van der Waals surface area contributed by atoms with E-state index in [-0.39, 0.29) is 43.8 Å². The Hall–Kier alpha value is -6.54. The number of aliphatic hydroxyl groups excluding tert-OH is 1. The maximum Gasteiger partial charge on any atom is 0.407 e. The largest absolute Gasteiger partial charge is 0.480 e. The standard InChI is InChI=1S/C29H31NO4S.C17H15NO4.C12H18OS/c1-3-8-20-13-15-21(16-14-20)27(19-35-2)34-28(31)17-30-29(32)33-18-26-24-11-6-4-9-22(24)23-10-5-7-12-25(23)26;19-16(20)9-18-17(21)22-10-15-13-7-3-1-5-11(13)12-6-2-4-8-14(12)15;1-3-4-10-5-7-11(8-6-10)12(13)9-14-2/h4-7,9-16,26-27H,3,8,17-19H2,1-2H3,(H,30,32);1-8,15H,9-10H2,(H,18,21)(H,19,20);5-8,12-13H,3-4,9H2,1-2H3. The molecule has 2 unspecified atom stereocenters. The number of carbonyl (C=O) groups excluding carboxylic acids is 3. The van der Waals surface area contributed by atoms with E-state index in [4.69, 9.17) is 19.3 Å². The lowest BCUT2D eigenvalue weighted by molar-refractivity contribution is -0.147. The third kappa shape index (κ3) is 15.2. The maximum atomic E-state index is 12.5. The average molecular weight is 997 g/mol. The first-order valence-corrected chi connectivity index (χ1v) is 26.8. The lowest BCUT2D eigenvalue weighted by Gasteiger charge is -2.18. The van der Waals surface area contributed by atoms with E-state index < -0.39 is 30.7 Å². The third-order valence-corrected chi connectivity index (χ3v) is 13.4. The van der Waals surface area contributed by atoms with Gasteiger partial charge in [0.05, 0.1) is 6.10 Å². The van der Waals surface area contributed by atoms with Crippen molar-refractivity contribution in [2.45, 2.75) is 63.6 Å². The number of carbonyl (C=O) groups is 4. The summed E-state index contributed by atoms with van der Waals surface area (Å²) in [6, 6.07) is 48.9. The van der Waals surface area contributed by atoms with Gasteiger partial charge in [0.25, 0.3) is 0 Å². The smallest absolute Gasteiger partial charge is 0.407 e. The number of hydrogen-bond acceptors (Lipinski definition) is 10. The summed E-state index contributed by atoms with van der Waals surface area (Å²) < 4.78 is 16.3. The van der Waals surface area contributed by atoms with Crippen LogP contribution in [0.4, 0.5) is 9.59 Å². The quantitative estimate of drug-likeness (QED) is 0.0452. The van der Waals surface area contributed by atoms with E-state index in [1.165, 1.54) is 28.7 Å². The minimum atomic E-state index is -1.10. The fourth-order valence-corrected chi connectivity index (χ4v) is 9.85. The number of amides is 2. The van der Waals surface area contributed by atoms with Gasteiger partial charge in [0.15, 0.2) is 0 Å². The highest BCUT2D eigenvalue weighted by atomic mass is 32.2. The van der Waals surface area contributed by atoms with Gasteiger partial charge in [-0.05, 0) is 92.1 Å². The number of benzene rings is 6. The van der Waals surface area contributed by atoms with Crippen molar-refractivity contribution in [1.29, 1.82) is 0 Å². The Bertz CT molecular complexity index is 2590. The minimum Gasteiger partial charge on any atom is -0.480 e. The lowest BCUT2D eigenvalue weighted by atomic mass is 9.98. The average Bonchev–Trinajstić information content (AvgIpc) is 3.89. The number of nitrogens with one attached hydrogen (secondary N) is 2. The van der Waals surface area contributed by atoms with E-state index in [0.717, 1.165) is 69.5 Å². The molecule has 2 aliphatic carbocycles. The highest BCUT2D eigenvalue weighted by Gasteiger charge is 2.30. The molecule has 0 spiro atoms. The number of aliphatic hydroxyl groups is 1. The number of carboxylic acid groups (broad SMARTS) is 1. The number of aliphatic carboxylic acids is 1. The van der Waals surface area contributed by atoms with E-state index in [2.05, 4.69) is 85.1 Å². The molecule has 0 radical (unpaired) electrons. The van der Waals surface area contributed by atoms with Crippen LogP contribution in [-0.4, -0.2) is 84.7 Å². The van der Waals surface area contributed by atoms with E-state index >= 15 is 0 Å². The molecule has 0 bridgehead atoms. The zero-order valence-corrected chi connectivity index (χ0v) is 42.4. The second kappa shape index (κ2) is 27.7. The van der Waals surface area contributed by atoms with Gasteiger partial charge in [-0.15, -0.1) is 0 Å². The molecule has 2 atom stereocenters. The second-order valence-corrected chi connectivity index (χ2v) is 19.0. The van der Waals surface area contributed by atoms with Crippen LogP contribution in [0.2, 0.25) is 0 Å². The van der Waals surface area contributed by atoms with Gasteiger partial charge in [-0.25, -0.2) is 9.59 Å². The predicted octanol–water partition coefficient (Wildman–Crippen LogP) is 11.8. The summed E-state index contributed by atoms with van der Waals surface area (Å²) in [7, 11) is 0. The number of alkyl carbamates (subject to hydrolysis) is 2. The zero-order chi connectivity index (χ0) is 50.5. The molecule has 0 aliphatic heterocycles. The van der Waals surface area contributed by atoms with E-state index in [0.29, 0.717) is 5.75 Å². The number of hydrogen-bond donors (Lipinski definition) is 4. The van der Waals surface area contributed by atoms with Gasteiger partial charge in [-0.1, -0.05) is 172 Å². The molecule has 0 heterocycles. The van der Waals surface area contributed by atoms with E-state index in [1.807, 2.05) is 97.4 Å². The first-order valence-electron chi connectivity index (χ1n) is 24.0. The Kier molecular flexibility index (Phi) is 21.0. The fourth-order valence-electron chi connectivity index (χ4n) is 8.78. The molecule has 8 rings (SSSR count). The molecule has 0 saturated carbocycles. The maximum absolute atomic E-state index is 12.5. The molecule has 0 fully saturated rings. The van der Waals surface area contributed by atoms with Gasteiger partial charge in [0, 0.05) is 23.3 Å². The molecule has 0 saturated heterocycles. The lowest BCUT2D eigenvalue weighted by Crippen LogP contribution is -2.32. The number of aryl methyl sites for hydroxylation is 2. The van der Waals surface area contributed by atoms with Gasteiger partial charge < -0.3 is 35.1 Å². The minimum absolute atomic E-state index is 0.0250.